The topological polar surface area (TPSA) is 57.7 Å². The summed E-state index contributed by atoms with van der Waals surface area (Å²) in [4.78, 5) is 14.5. The average molecular weight is 336 g/mol. The maximum Gasteiger partial charge on any atom is 0.253 e. The largest absolute Gasteiger partial charge is 0.339 e. The highest BCUT2D eigenvalue weighted by molar-refractivity contribution is 7.92. The van der Waals surface area contributed by atoms with Crippen LogP contribution < -0.4 is 4.31 Å². The van der Waals surface area contributed by atoms with Crippen LogP contribution in [0.3, 0.4) is 0 Å². The zero-order valence-corrected chi connectivity index (χ0v) is 14.4. The van der Waals surface area contributed by atoms with Gasteiger partial charge in [-0.15, -0.1) is 0 Å². The third kappa shape index (κ3) is 3.52. The highest BCUT2D eigenvalue weighted by Gasteiger charge is 2.27. The molecule has 5 nitrogen and oxygen atoms in total. The van der Waals surface area contributed by atoms with E-state index in [1.54, 1.807) is 24.3 Å². The van der Waals surface area contributed by atoms with E-state index in [0.29, 0.717) is 30.1 Å². The van der Waals surface area contributed by atoms with E-state index >= 15 is 0 Å². The van der Waals surface area contributed by atoms with E-state index < -0.39 is 10.0 Å². The molecule has 1 amide bonds. The molecular weight excluding hydrogens is 312 g/mol. The maximum absolute atomic E-state index is 12.7. The quantitative estimate of drug-likeness (QED) is 0.834. The zero-order chi connectivity index (χ0) is 16.4. The number of carbonyl (C=O) groups is 1. The number of piperidine rings is 1. The molecule has 0 unspecified atom stereocenters. The van der Waals surface area contributed by atoms with Crippen LogP contribution in [0.25, 0.3) is 0 Å². The Morgan fingerprint density at radius 3 is 2.57 bits per heavy atom. The SMILES string of the molecule is CC1CCN(C(=O)c2cccc(N3CCCCS3(=O)=O)c2)CC1. The van der Waals surface area contributed by atoms with Gasteiger partial charge < -0.3 is 4.90 Å². The lowest BCUT2D eigenvalue weighted by Gasteiger charge is -2.31. The lowest BCUT2D eigenvalue weighted by molar-refractivity contribution is 0.0697. The Morgan fingerprint density at radius 2 is 1.87 bits per heavy atom. The summed E-state index contributed by atoms with van der Waals surface area (Å²) in [5.74, 6) is 0.867. The van der Waals surface area contributed by atoms with Gasteiger partial charge in [-0.25, -0.2) is 8.42 Å². The van der Waals surface area contributed by atoms with Gasteiger partial charge in [-0.05, 0) is 49.8 Å². The van der Waals surface area contributed by atoms with Gasteiger partial charge in [0, 0.05) is 25.2 Å². The predicted octanol–water partition coefficient (Wildman–Crippen LogP) is 2.49. The minimum absolute atomic E-state index is 0.00755. The Bertz CT molecular complexity index is 679. The lowest BCUT2D eigenvalue weighted by atomic mass is 9.98. The molecule has 0 saturated carbocycles. The number of anilines is 1. The normalized spacial score (nSPS) is 22.1. The second-order valence-electron chi connectivity index (χ2n) is 6.62. The molecule has 1 aromatic carbocycles. The van der Waals surface area contributed by atoms with Crippen molar-refractivity contribution in [3.05, 3.63) is 29.8 Å². The van der Waals surface area contributed by atoms with Gasteiger partial charge in [0.1, 0.15) is 0 Å². The average Bonchev–Trinajstić information content (AvgIpc) is 2.54. The van der Waals surface area contributed by atoms with E-state index in [4.69, 9.17) is 0 Å². The van der Waals surface area contributed by atoms with Crippen molar-refractivity contribution in [1.82, 2.24) is 4.90 Å². The number of amides is 1. The van der Waals surface area contributed by atoms with Gasteiger partial charge in [0.15, 0.2) is 0 Å². The van der Waals surface area contributed by atoms with Crippen molar-refractivity contribution in [3.63, 3.8) is 0 Å². The van der Waals surface area contributed by atoms with Crippen molar-refractivity contribution >= 4 is 21.6 Å². The lowest BCUT2D eigenvalue weighted by Crippen LogP contribution is -2.39. The Kier molecular flexibility index (Phi) is 4.62. The van der Waals surface area contributed by atoms with E-state index in [2.05, 4.69) is 6.92 Å². The van der Waals surface area contributed by atoms with Crippen molar-refractivity contribution in [3.8, 4) is 0 Å². The van der Waals surface area contributed by atoms with Crippen LogP contribution in [0.1, 0.15) is 43.0 Å². The summed E-state index contributed by atoms with van der Waals surface area (Å²) in [5.41, 5.74) is 1.19. The number of hydrogen-bond acceptors (Lipinski definition) is 3. The molecule has 6 heteroatoms. The fourth-order valence-corrected chi connectivity index (χ4v) is 4.90. The fourth-order valence-electron chi connectivity index (χ4n) is 3.27. The number of likely N-dealkylation sites (tertiary alicyclic amines) is 1. The van der Waals surface area contributed by atoms with E-state index in [9.17, 15) is 13.2 Å². The molecule has 2 fully saturated rings. The number of hydrogen-bond donors (Lipinski definition) is 0. The first kappa shape index (κ1) is 16.3. The molecule has 0 atom stereocenters. The second-order valence-corrected chi connectivity index (χ2v) is 8.63. The first-order valence-corrected chi connectivity index (χ1v) is 9.98. The second kappa shape index (κ2) is 6.51. The summed E-state index contributed by atoms with van der Waals surface area (Å²) >= 11 is 0. The molecule has 0 spiro atoms. The van der Waals surface area contributed by atoms with Crippen molar-refractivity contribution in [2.45, 2.75) is 32.6 Å². The van der Waals surface area contributed by atoms with E-state index in [1.165, 1.54) is 4.31 Å². The Morgan fingerprint density at radius 1 is 1.13 bits per heavy atom. The number of rotatable bonds is 2. The van der Waals surface area contributed by atoms with Gasteiger partial charge in [0.2, 0.25) is 10.0 Å². The molecule has 0 radical (unpaired) electrons. The van der Waals surface area contributed by atoms with Gasteiger partial charge in [-0.2, -0.15) is 0 Å². The van der Waals surface area contributed by atoms with Crippen LogP contribution in [0.4, 0.5) is 5.69 Å². The number of sulfonamides is 1. The van der Waals surface area contributed by atoms with Gasteiger partial charge in [-0.3, -0.25) is 9.10 Å². The predicted molar refractivity (Wildman–Crippen MR) is 91.1 cm³/mol. The highest BCUT2D eigenvalue weighted by Crippen LogP contribution is 2.25. The smallest absolute Gasteiger partial charge is 0.253 e. The number of benzene rings is 1. The summed E-state index contributed by atoms with van der Waals surface area (Å²) in [6, 6.07) is 7.06. The van der Waals surface area contributed by atoms with E-state index in [0.717, 1.165) is 32.4 Å². The molecule has 2 aliphatic heterocycles. The van der Waals surface area contributed by atoms with Gasteiger partial charge in [-0.1, -0.05) is 13.0 Å². The minimum atomic E-state index is -3.24. The minimum Gasteiger partial charge on any atom is -0.339 e. The molecule has 23 heavy (non-hydrogen) atoms. The van der Waals surface area contributed by atoms with Crippen LogP contribution in [0.5, 0.6) is 0 Å². The van der Waals surface area contributed by atoms with E-state index in [-0.39, 0.29) is 11.7 Å². The summed E-state index contributed by atoms with van der Waals surface area (Å²) in [6.45, 7) is 4.28. The van der Waals surface area contributed by atoms with Crippen LogP contribution in [0, 0.1) is 5.92 Å². The first-order chi connectivity index (χ1) is 11.0. The molecule has 2 aliphatic rings. The monoisotopic (exact) mass is 336 g/mol. The zero-order valence-electron chi connectivity index (χ0n) is 13.6. The van der Waals surface area contributed by atoms with Crippen LogP contribution in [-0.4, -0.2) is 44.6 Å². The van der Waals surface area contributed by atoms with Crippen molar-refractivity contribution in [1.29, 1.82) is 0 Å². The Balaban J connectivity index is 1.81. The summed E-state index contributed by atoms with van der Waals surface area (Å²) < 4.78 is 25.9. The Hall–Kier alpha value is -1.56. The van der Waals surface area contributed by atoms with Crippen LogP contribution >= 0.6 is 0 Å². The van der Waals surface area contributed by atoms with Crippen LogP contribution in [0.2, 0.25) is 0 Å². The summed E-state index contributed by atoms with van der Waals surface area (Å²) in [5, 5.41) is 0. The van der Waals surface area contributed by atoms with Crippen molar-refractivity contribution < 1.29 is 13.2 Å². The van der Waals surface area contributed by atoms with Crippen LogP contribution in [0.15, 0.2) is 24.3 Å². The molecular formula is C17H24N2O3S. The van der Waals surface area contributed by atoms with Crippen LogP contribution in [-0.2, 0) is 10.0 Å². The maximum atomic E-state index is 12.7. The number of nitrogens with zero attached hydrogens (tertiary/aromatic N) is 2. The van der Waals surface area contributed by atoms with Gasteiger partial charge >= 0.3 is 0 Å². The van der Waals surface area contributed by atoms with E-state index in [1.807, 2.05) is 4.90 Å². The van der Waals surface area contributed by atoms with Crippen molar-refractivity contribution in [2.75, 3.05) is 29.7 Å². The van der Waals surface area contributed by atoms with Gasteiger partial charge in [0.05, 0.1) is 11.4 Å². The molecule has 3 rings (SSSR count). The Labute approximate surface area is 138 Å². The third-order valence-electron chi connectivity index (χ3n) is 4.80. The van der Waals surface area contributed by atoms with Gasteiger partial charge in [0.25, 0.3) is 5.91 Å². The molecule has 2 heterocycles. The third-order valence-corrected chi connectivity index (χ3v) is 6.67. The molecule has 2 saturated heterocycles. The fraction of sp³-hybridized carbons (Fsp3) is 0.588. The molecule has 0 N–H and O–H groups in total. The molecule has 0 aromatic heterocycles. The van der Waals surface area contributed by atoms with Crippen molar-refractivity contribution in [2.24, 2.45) is 5.92 Å². The standard InChI is InChI=1S/C17H24N2O3S/c1-14-7-10-18(11-8-14)17(20)15-5-4-6-16(13-15)19-9-2-3-12-23(19,21)22/h4-6,13-14H,2-3,7-12H2,1H3. The highest BCUT2D eigenvalue weighted by atomic mass is 32.2. The first-order valence-electron chi connectivity index (χ1n) is 8.37. The summed E-state index contributed by atoms with van der Waals surface area (Å²) in [6.07, 6.45) is 3.64. The molecule has 1 aromatic rings. The molecule has 126 valence electrons. The molecule has 0 bridgehead atoms. The summed E-state index contributed by atoms with van der Waals surface area (Å²) in [7, 11) is -3.24. The number of carbonyl (C=O) groups excluding carboxylic acids is 1. The molecule has 0 aliphatic carbocycles.